The zero-order chi connectivity index (χ0) is 11.7. The second-order valence-electron chi connectivity index (χ2n) is 3.39. The predicted octanol–water partition coefficient (Wildman–Crippen LogP) is -0.191. The van der Waals surface area contributed by atoms with Gasteiger partial charge in [-0.25, -0.2) is 4.98 Å². The molecule has 0 aliphatic carbocycles. The number of anilines is 1. The van der Waals surface area contributed by atoms with Crippen LogP contribution in [0.3, 0.4) is 0 Å². The summed E-state index contributed by atoms with van der Waals surface area (Å²) in [6.45, 7) is 1.64. The van der Waals surface area contributed by atoms with E-state index in [9.17, 15) is 14.4 Å². The van der Waals surface area contributed by atoms with E-state index in [1.54, 1.807) is 4.90 Å². The first kappa shape index (κ1) is 10.7. The summed E-state index contributed by atoms with van der Waals surface area (Å²) in [6.07, 6.45) is 1.46. The Labute approximate surface area is 95.3 Å². The van der Waals surface area contributed by atoms with Crippen LogP contribution in [0.2, 0.25) is 0 Å². The number of amides is 2. The predicted molar refractivity (Wildman–Crippen MR) is 57.5 cm³/mol. The fraction of sp³-hybridized carbons (Fsp3) is 0.333. The number of carbonyl (C=O) groups excluding carboxylic acids is 3. The van der Waals surface area contributed by atoms with Crippen molar-refractivity contribution < 1.29 is 14.4 Å². The van der Waals surface area contributed by atoms with E-state index in [-0.39, 0.29) is 30.7 Å². The van der Waals surface area contributed by atoms with Gasteiger partial charge in [-0.2, -0.15) is 0 Å². The topological polar surface area (TPSA) is 79.4 Å². The first-order valence-corrected chi connectivity index (χ1v) is 5.42. The monoisotopic (exact) mass is 239 g/mol. The fourth-order valence-corrected chi connectivity index (χ4v) is 2.16. The molecule has 1 fully saturated rings. The standard InChI is InChI=1S/C9H9N3O3S/c1-5(13)6-2-10-9(16-6)12-3-7(14)11-8(15)4-12/h2H,3-4H2,1H3,(H,11,14,15). The Morgan fingerprint density at radius 2 is 2.06 bits per heavy atom. The SMILES string of the molecule is CC(=O)c1cnc(N2CC(=O)NC(=O)C2)s1. The van der Waals surface area contributed by atoms with Crippen LogP contribution in [0.4, 0.5) is 5.13 Å². The van der Waals surface area contributed by atoms with Crippen LogP contribution in [0.1, 0.15) is 16.6 Å². The molecule has 1 saturated heterocycles. The van der Waals surface area contributed by atoms with Crippen molar-refractivity contribution in [2.75, 3.05) is 18.0 Å². The van der Waals surface area contributed by atoms with Crippen molar-refractivity contribution in [1.82, 2.24) is 10.3 Å². The minimum atomic E-state index is -0.351. The third-order valence-electron chi connectivity index (χ3n) is 2.06. The highest BCUT2D eigenvalue weighted by Gasteiger charge is 2.24. The number of nitrogens with zero attached hydrogens (tertiary/aromatic N) is 2. The zero-order valence-corrected chi connectivity index (χ0v) is 9.34. The second-order valence-corrected chi connectivity index (χ2v) is 4.40. The van der Waals surface area contributed by atoms with E-state index in [1.165, 1.54) is 24.5 Å². The fourth-order valence-electron chi connectivity index (χ4n) is 1.35. The van der Waals surface area contributed by atoms with E-state index in [1.807, 2.05) is 0 Å². The van der Waals surface area contributed by atoms with Crippen molar-refractivity contribution in [2.24, 2.45) is 0 Å². The quantitative estimate of drug-likeness (QED) is 0.571. The van der Waals surface area contributed by atoms with Gasteiger partial charge in [-0.1, -0.05) is 11.3 Å². The van der Waals surface area contributed by atoms with Gasteiger partial charge in [0.25, 0.3) is 0 Å². The van der Waals surface area contributed by atoms with Gasteiger partial charge in [-0.15, -0.1) is 0 Å². The molecule has 7 heteroatoms. The molecule has 2 amide bonds. The molecule has 1 aromatic heterocycles. The molecular weight excluding hydrogens is 230 g/mol. The molecule has 0 atom stereocenters. The van der Waals surface area contributed by atoms with E-state index < -0.39 is 0 Å². The Hall–Kier alpha value is -1.76. The Balaban J connectivity index is 2.19. The van der Waals surface area contributed by atoms with Crippen LogP contribution >= 0.6 is 11.3 Å². The summed E-state index contributed by atoms with van der Waals surface area (Å²) in [5.41, 5.74) is 0. The van der Waals surface area contributed by atoms with Gasteiger partial charge in [0, 0.05) is 6.92 Å². The Bertz CT molecular complexity index is 452. The van der Waals surface area contributed by atoms with Crippen LogP contribution in [0.5, 0.6) is 0 Å². The molecular formula is C9H9N3O3S. The molecule has 0 spiro atoms. The van der Waals surface area contributed by atoms with Gasteiger partial charge < -0.3 is 4.90 Å². The van der Waals surface area contributed by atoms with Gasteiger partial charge in [-0.05, 0) is 0 Å². The minimum Gasteiger partial charge on any atom is -0.329 e. The molecule has 16 heavy (non-hydrogen) atoms. The number of ketones is 1. The number of aromatic nitrogens is 1. The summed E-state index contributed by atoms with van der Waals surface area (Å²) in [5, 5.41) is 2.72. The molecule has 1 aliphatic rings. The normalized spacial score (nSPS) is 16.2. The molecule has 1 N–H and O–H groups in total. The van der Waals surface area contributed by atoms with Crippen LogP contribution in [-0.2, 0) is 9.59 Å². The molecule has 84 valence electrons. The Morgan fingerprint density at radius 1 is 1.44 bits per heavy atom. The summed E-state index contributed by atoms with van der Waals surface area (Å²) in [5.74, 6) is -0.775. The number of rotatable bonds is 2. The largest absolute Gasteiger partial charge is 0.329 e. The van der Waals surface area contributed by atoms with Crippen LogP contribution < -0.4 is 10.2 Å². The van der Waals surface area contributed by atoms with Crippen LogP contribution in [0.25, 0.3) is 0 Å². The van der Waals surface area contributed by atoms with E-state index in [2.05, 4.69) is 10.3 Å². The molecule has 0 radical (unpaired) electrons. The summed E-state index contributed by atoms with van der Waals surface area (Å²) in [4.78, 5) is 39.4. The number of thiazole rings is 1. The van der Waals surface area contributed by atoms with Crippen molar-refractivity contribution in [1.29, 1.82) is 0 Å². The number of hydrogen-bond donors (Lipinski definition) is 1. The number of Topliss-reactive ketones (excluding diaryl/α,β-unsaturated/α-hetero) is 1. The van der Waals surface area contributed by atoms with Gasteiger partial charge in [0.05, 0.1) is 11.1 Å². The molecule has 0 unspecified atom stereocenters. The van der Waals surface area contributed by atoms with Gasteiger partial charge in [0.15, 0.2) is 10.9 Å². The Morgan fingerprint density at radius 3 is 2.56 bits per heavy atom. The third-order valence-corrected chi connectivity index (χ3v) is 3.22. The average molecular weight is 239 g/mol. The van der Waals surface area contributed by atoms with Crippen molar-refractivity contribution >= 4 is 34.1 Å². The summed E-state index contributed by atoms with van der Waals surface area (Å²) >= 11 is 1.18. The van der Waals surface area contributed by atoms with E-state index in [4.69, 9.17) is 0 Å². The zero-order valence-electron chi connectivity index (χ0n) is 8.52. The van der Waals surface area contributed by atoms with Crippen molar-refractivity contribution in [3.63, 3.8) is 0 Å². The lowest BCUT2D eigenvalue weighted by molar-refractivity contribution is -0.130. The maximum Gasteiger partial charge on any atom is 0.246 e. The highest BCUT2D eigenvalue weighted by molar-refractivity contribution is 7.17. The number of imide groups is 1. The van der Waals surface area contributed by atoms with E-state index >= 15 is 0 Å². The molecule has 0 bridgehead atoms. The first-order valence-electron chi connectivity index (χ1n) is 4.60. The molecule has 1 aliphatic heterocycles. The van der Waals surface area contributed by atoms with E-state index in [0.717, 1.165) is 0 Å². The molecule has 2 heterocycles. The van der Waals surface area contributed by atoms with Crippen molar-refractivity contribution in [2.45, 2.75) is 6.92 Å². The molecule has 1 aromatic rings. The van der Waals surface area contributed by atoms with Gasteiger partial charge in [0.2, 0.25) is 11.8 Å². The molecule has 6 nitrogen and oxygen atoms in total. The van der Waals surface area contributed by atoms with Crippen LogP contribution in [0.15, 0.2) is 6.20 Å². The first-order chi connectivity index (χ1) is 7.56. The highest BCUT2D eigenvalue weighted by atomic mass is 32.1. The summed E-state index contributed by atoms with van der Waals surface area (Å²) in [7, 11) is 0. The van der Waals surface area contributed by atoms with Crippen molar-refractivity contribution in [3.05, 3.63) is 11.1 Å². The van der Waals surface area contributed by atoms with Crippen LogP contribution in [0, 0.1) is 0 Å². The minimum absolute atomic E-state index is 0.0727. The number of carbonyl (C=O) groups is 3. The second kappa shape index (κ2) is 4.01. The molecule has 2 rings (SSSR count). The van der Waals surface area contributed by atoms with E-state index in [0.29, 0.717) is 10.0 Å². The number of nitrogens with one attached hydrogen (secondary N) is 1. The highest BCUT2D eigenvalue weighted by Crippen LogP contribution is 2.23. The molecule has 0 aromatic carbocycles. The number of hydrogen-bond acceptors (Lipinski definition) is 6. The lowest BCUT2D eigenvalue weighted by Gasteiger charge is -2.24. The third kappa shape index (κ3) is 2.08. The lowest BCUT2D eigenvalue weighted by atomic mass is 10.4. The molecule has 0 saturated carbocycles. The van der Waals surface area contributed by atoms with Gasteiger partial charge >= 0.3 is 0 Å². The average Bonchev–Trinajstić information content (AvgIpc) is 2.64. The smallest absolute Gasteiger partial charge is 0.246 e. The van der Waals surface area contributed by atoms with Gasteiger partial charge in [0.1, 0.15) is 13.1 Å². The van der Waals surface area contributed by atoms with Crippen LogP contribution in [-0.4, -0.2) is 35.7 Å². The summed E-state index contributed by atoms with van der Waals surface area (Å²) in [6, 6.07) is 0. The Kier molecular flexibility index (Phi) is 2.69. The van der Waals surface area contributed by atoms with Crippen molar-refractivity contribution in [3.8, 4) is 0 Å². The lowest BCUT2D eigenvalue weighted by Crippen LogP contribution is -2.51. The summed E-state index contributed by atoms with van der Waals surface area (Å²) < 4.78 is 0. The number of piperazine rings is 1. The maximum atomic E-state index is 11.1. The van der Waals surface area contributed by atoms with Gasteiger partial charge in [-0.3, -0.25) is 19.7 Å². The maximum absolute atomic E-state index is 11.1.